The predicted molar refractivity (Wildman–Crippen MR) is 79.9 cm³/mol. The van der Waals surface area contributed by atoms with Gasteiger partial charge in [-0.05, 0) is 37.1 Å². The summed E-state index contributed by atoms with van der Waals surface area (Å²) in [5.74, 6) is 0.329. The Hall–Kier alpha value is -2.43. The number of carbonyl (C=O) groups is 1. The molecule has 5 heteroatoms. The molecule has 2 aromatic rings. The Morgan fingerprint density at radius 1 is 1.30 bits per heavy atom. The zero-order chi connectivity index (χ0) is 14.4. The molecule has 2 rings (SSSR count). The normalized spacial score (nSPS) is 10.1. The molecule has 5 nitrogen and oxygen atoms in total. The van der Waals surface area contributed by atoms with E-state index >= 15 is 0 Å². The van der Waals surface area contributed by atoms with E-state index in [1.807, 2.05) is 19.1 Å². The van der Waals surface area contributed by atoms with Crippen molar-refractivity contribution in [2.45, 2.75) is 20.3 Å². The number of hydrogen-bond donors (Lipinski definition) is 2. The van der Waals surface area contributed by atoms with Crippen molar-refractivity contribution in [3.05, 3.63) is 47.9 Å². The highest BCUT2D eigenvalue weighted by atomic mass is 16.1. The molecule has 2 aromatic heterocycles. The molecule has 0 saturated heterocycles. The van der Waals surface area contributed by atoms with Gasteiger partial charge in [0.1, 0.15) is 5.82 Å². The summed E-state index contributed by atoms with van der Waals surface area (Å²) in [6.45, 7) is 4.84. The lowest BCUT2D eigenvalue weighted by Gasteiger charge is -2.11. The first-order chi connectivity index (χ1) is 9.70. The number of anilines is 2. The first-order valence-corrected chi connectivity index (χ1v) is 6.62. The number of carbonyl (C=O) groups excluding carboxylic acids is 1. The molecule has 0 aromatic carbocycles. The third-order valence-electron chi connectivity index (χ3n) is 2.79. The van der Waals surface area contributed by atoms with E-state index in [1.165, 1.54) is 0 Å². The lowest BCUT2D eigenvalue weighted by Crippen LogP contribution is -2.16. The quantitative estimate of drug-likeness (QED) is 0.876. The fourth-order valence-electron chi connectivity index (χ4n) is 1.78. The molecule has 0 unspecified atom stereocenters. The van der Waals surface area contributed by atoms with Crippen molar-refractivity contribution in [3.63, 3.8) is 0 Å². The summed E-state index contributed by atoms with van der Waals surface area (Å²) >= 11 is 0. The first-order valence-electron chi connectivity index (χ1n) is 6.62. The Balaban J connectivity index is 2.16. The Bertz CT molecular complexity index is 598. The van der Waals surface area contributed by atoms with Crippen LogP contribution in [0.15, 0.2) is 36.8 Å². The summed E-state index contributed by atoms with van der Waals surface area (Å²) < 4.78 is 0. The molecule has 104 valence electrons. The largest absolute Gasteiger partial charge is 0.384 e. The SMILES string of the molecule is CCCNc1ccncc1C(=O)Nc1cc(C)ccn1. The first kappa shape index (κ1) is 14.0. The van der Waals surface area contributed by atoms with Crippen LogP contribution in [0.3, 0.4) is 0 Å². The maximum Gasteiger partial charge on any atom is 0.260 e. The van der Waals surface area contributed by atoms with Crippen molar-refractivity contribution >= 4 is 17.4 Å². The van der Waals surface area contributed by atoms with Crippen LogP contribution in [0, 0.1) is 6.92 Å². The molecule has 0 radical (unpaired) electrons. The molecule has 1 amide bonds. The number of amides is 1. The Morgan fingerprint density at radius 3 is 2.90 bits per heavy atom. The van der Waals surface area contributed by atoms with E-state index in [0.29, 0.717) is 11.4 Å². The van der Waals surface area contributed by atoms with Gasteiger partial charge in [0.25, 0.3) is 5.91 Å². The van der Waals surface area contributed by atoms with Crippen molar-refractivity contribution in [1.29, 1.82) is 0 Å². The van der Waals surface area contributed by atoms with Gasteiger partial charge >= 0.3 is 0 Å². The van der Waals surface area contributed by atoms with Gasteiger partial charge < -0.3 is 10.6 Å². The van der Waals surface area contributed by atoms with Gasteiger partial charge in [-0.3, -0.25) is 9.78 Å². The van der Waals surface area contributed by atoms with E-state index in [2.05, 4.69) is 27.5 Å². The minimum Gasteiger partial charge on any atom is -0.384 e. The summed E-state index contributed by atoms with van der Waals surface area (Å²) in [7, 11) is 0. The summed E-state index contributed by atoms with van der Waals surface area (Å²) in [5.41, 5.74) is 2.35. The van der Waals surface area contributed by atoms with Gasteiger partial charge in [-0.1, -0.05) is 6.92 Å². The average molecular weight is 270 g/mol. The predicted octanol–water partition coefficient (Wildman–Crippen LogP) is 2.86. The second-order valence-corrected chi connectivity index (χ2v) is 4.52. The zero-order valence-electron chi connectivity index (χ0n) is 11.7. The van der Waals surface area contributed by atoms with Gasteiger partial charge in [-0.15, -0.1) is 0 Å². The third kappa shape index (κ3) is 3.54. The lowest BCUT2D eigenvalue weighted by atomic mass is 10.2. The van der Waals surface area contributed by atoms with E-state index < -0.39 is 0 Å². The van der Waals surface area contributed by atoms with E-state index in [-0.39, 0.29) is 5.91 Å². The molecule has 20 heavy (non-hydrogen) atoms. The minimum atomic E-state index is -0.213. The molecule has 0 spiro atoms. The number of nitrogens with one attached hydrogen (secondary N) is 2. The van der Waals surface area contributed by atoms with Gasteiger partial charge in [-0.25, -0.2) is 4.98 Å². The van der Waals surface area contributed by atoms with Gasteiger partial charge in [0.05, 0.1) is 11.3 Å². The number of nitrogens with zero attached hydrogens (tertiary/aromatic N) is 2. The minimum absolute atomic E-state index is 0.213. The van der Waals surface area contributed by atoms with Crippen LogP contribution in [0.4, 0.5) is 11.5 Å². The Morgan fingerprint density at radius 2 is 2.15 bits per heavy atom. The van der Waals surface area contributed by atoms with Crippen molar-refractivity contribution in [2.24, 2.45) is 0 Å². The average Bonchev–Trinajstić information content (AvgIpc) is 2.45. The second-order valence-electron chi connectivity index (χ2n) is 4.52. The van der Waals surface area contributed by atoms with Crippen LogP contribution in [-0.2, 0) is 0 Å². The van der Waals surface area contributed by atoms with Gasteiger partial charge in [0.15, 0.2) is 0 Å². The molecule has 0 aliphatic heterocycles. The van der Waals surface area contributed by atoms with Crippen molar-refractivity contribution in [2.75, 3.05) is 17.2 Å². The lowest BCUT2D eigenvalue weighted by molar-refractivity contribution is 0.102. The molecule has 0 aliphatic carbocycles. The van der Waals surface area contributed by atoms with Crippen LogP contribution >= 0.6 is 0 Å². The number of aromatic nitrogens is 2. The van der Waals surface area contributed by atoms with Crippen LogP contribution in [-0.4, -0.2) is 22.4 Å². The standard InChI is InChI=1S/C15H18N4O/c1-3-6-17-13-5-7-16-10-12(13)15(20)19-14-9-11(2)4-8-18-14/h4-5,7-10H,3,6H2,1-2H3,(H,16,17)(H,18,19,20). The van der Waals surface area contributed by atoms with Crippen LogP contribution < -0.4 is 10.6 Å². The summed E-state index contributed by atoms with van der Waals surface area (Å²) in [6, 6.07) is 5.51. The van der Waals surface area contributed by atoms with E-state index in [1.54, 1.807) is 24.7 Å². The number of rotatable bonds is 5. The topological polar surface area (TPSA) is 66.9 Å². The maximum atomic E-state index is 12.3. The fraction of sp³-hybridized carbons (Fsp3) is 0.267. The number of hydrogen-bond acceptors (Lipinski definition) is 4. The Labute approximate surface area is 118 Å². The van der Waals surface area contributed by atoms with Gasteiger partial charge in [0.2, 0.25) is 0 Å². The van der Waals surface area contributed by atoms with E-state index in [4.69, 9.17) is 0 Å². The van der Waals surface area contributed by atoms with Crippen LogP contribution in [0.1, 0.15) is 29.3 Å². The van der Waals surface area contributed by atoms with E-state index in [0.717, 1.165) is 24.2 Å². The monoisotopic (exact) mass is 270 g/mol. The van der Waals surface area contributed by atoms with Crippen LogP contribution in [0.2, 0.25) is 0 Å². The molecule has 2 heterocycles. The number of aryl methyl sites for hydroxylation is 1. The molecule has 2 N–H and O–H groups in total. The van der Waals surface area contributed by atoms with Crippen LogP contribution in [0.5, 0.6) is 0 Å². The highest BCUT2D eigenvalue weighted by Crippen LogP contribution is 2.15. The summed E-state index contributed by atoms with van der Waals surface area (Å²) in [4.78, 5) is 20.4. The molecule has 0 atom stereocenters. The smallest absolute Gasteiger partial charge is 0.260 e. The highest BCUT2D eigenvalue weighted by Gasteiger charge is 2.12. The Kier molecular flexibility index (Phi) is 4.65. The zero-order valence-corrected chi connectivity index (χ0v) is 11.7. The van der Waals surface area contributed by atoms with Crippen molar-refractivity contribution in [3.8, 4) is 0 Å². The highest BCUT2D eigenvalue weighted by molar-refractivity contribution is 6.07. The molecule has 0 bridgehead atoms. The summed E-state index contributed by atoms with van der Waals surface area (Å²) in [5, 5.41) is 6.01. The molecular formula is C15H18N4O. The van der Waals surface area contributed by atoms with Gasteiger partial charge in [0, 0.05) is 25.1 Å². The molecule has 0 aliphatic rings. The van der Waals surface area contributed by atoms with Crippen molar-refractivity contribution < 1.29 is 4.79 Å². The number of pyridine rings is 2. The fourth-order valence-corrected chi connectivity index (χ4v) is 1.78. The van der Waals surface area contributed by atoms with Crippen LogP contribution in [0.25, 0.3) is 0 Å². The molecular weight excluding hydrogens is 252 g/mol. The molecule has 0 fully saturated rings. The maximum absolute atomic E-state index is 12.3. The summed E-state index contributed by atoms with van der Waals surface area (Å²) in [6.07, 6.45) is 5.88. The van der Waals surface area contributed by atoms with E-state index in [9.17, 15) is 4.79 Å². The third-order valence-corrected chi connectivity index (χ3v) is 2.79. The van der Waals surface area contributed by atoms with Gasteiger partial charge in [-0.2, -0.15) is 0 Å². The molecule has 0 saturated carbocycles. The van der Waals surface area contributed by atoms with Crippen molar-refractivity contribution in [1.82, 2.24) is 9.97 Å². The second kappa shape index (κ2) is 6.65.